The van der Waals surface area contributed by atoms with Gasteiger partial charge in [0.15, 0.2) is 18.1 Å². The van der Waals surface area contributed by atoms with E-state index in [2.05, 4.69) is 10.6 Å². The van der Waals surface area contributed by atoms with Crippen molar-refractivity contribution >= 4 is 52.5 Å². The molecule has 0 saturated carbocycles. The van der Waals surface area contributed by atoms with Crippen LogP contribution in [0.15, 0.2) is 60.2 Å². The molecule has 0 heterocycles. The van der Waals surface area contributed by atoms with E-state index in [9.17, 15) is 14.9 Å². The van der Waals surface area contributed by atoms with Crippen LogP contribution in [-0.2, 0) is 9.59 Å². The molecule has 3 rings (SSSR count). The van der Waals surface area contributed by atoms with E-state index in [4.69, 9.17) is 32.7 Å². The van der Waals surface area contributed by atoms with Gasteiger partial charge in [0.2, 0.25) is 0 Å². The lowest BCUT2D eigenvalue weighted by Gasteiger charge is -2.14. The van der Waals surface area contributed by atoms with Crippen molar-refractivity contribution in [2.45, 2.75) is 13.8 Å². The van der Waals surface area contributed by atoms with Crippen LogP contribution in [0.2, 0.25) is 10.0 Å². The molecule has 0 aliphatic carbocycles. The fourth-order valence-electron chi connectivity index (χ4n) is 3.32. The summed E-state index contributed by atoms with van der Waals surface area (Å²) in [6, 6.07) is 17.2. The van der Waals surface area contributed by atoms with E-state index in [1.807, 2.05) is 38.1 Å². The number of aryl methyl sites for hydroxylation is 2. The number of hydrogen-bond donors (Lipinski definition) is 2. The average molecular weight is 524 g/mol. The molecule has 0 aliphatic heterocycles. The van der Waals surface area contributed by atoms with Gasteiger partial charge in [-0.1, -0.05) is 47.0 Å². The second-order valence-corrected chi connectivity index (χ2v) is 8.67. The van der Waals surface area contributed by atoms with Crippen molar-refractivity contribution in [3.8, 4) is 17.6 Å². The lowest BCUT2D eigenvalue weighted by Crippen LogP contribution is -2.21. The van der Waals surface area contributed by atoms with Gasteiger partial charge < -0.3 is 20.1 Å². The number of ether oxygens (including phenoxy) is 2. The Morgan fingerprint density at radius 1 is 1.06 bits per heavy atom. The van der Waals surface area contributed by atoms with E-state index in [1.165, 1.54) is 19.3 Å². The number of carbonyl (C=O) groups is 2. The molecule has 7 nitrogen and oxygen atoms in total. The molecule has 184 valence electrons. The first kappa shape index (κ1) is 26.6. The summed E-state index contributed by atoms with van der Waals surface area (Å²) in [6.45, 7) is 3.57. The van der Waals surface area contributed by atoms with Gasteiger partial charge in [0.05, 0.1) is 12.1 Å². The van der Waals surface area contributed by atoms with Gasteiger partial charge in [0.1, 0.15) is 11.6 Å². The van der Waals surface area contributed by atoms with Gasteiger partial charge in [-0.05, 0) is 67.4 Å². The average Bonchev–Trinajstić information content (AvgIpc) is 2.83. The minimum absolute atomic E-state index is 0.146. The summed E-state index contributed by atoms with van der Waals surface area (Å²) in [5.74, 6) is -0.582. The van der Waals surface area contributed by atoms with Crippen molar-refractivity contribution in [3.05, 3.63) is 86.9 Å². The number of benzene rings is 3. The molecule has 2 amide bonds. The van der Waals surface area contributed by atoms with Crippen molar-refractivity contribution in [3.63, 3.8) is 0 Å². The Kier molecular flexibility index (Phi) is 8.96. The van der Waals surface area contributed by atoms with Gasteiger partial charge in [0, 0.05) is 16.4 Å². The number of methoxy groups -OCH3 is 1. The molecule has 0 radical (unpaired) electrons. The molecule has 0 aliphatic rings. The van der Waals surface area contributed by atoms with Crippen LogP contribution >= 0.6 is 23.2 Å². The molecule has 36 heavy (non-hydrogen) atoms. The summed E-state index contributed by atoms with van der Waals surface area (Å²) in [4.78, 5) is 25.0. The number of hydrogen-bond acceptors (Lipinski definition) is 5. The lowest BCUT2D eigenvalue weighted by atomic mass is 10.1. The number of anilines is 2. The zero-order chi connectivity index (χ0) is 26.2. The molecular formula is C27H23Cl2N3O4. The highest BCUT2D eigenvalue weighted by molar-refractivity contribution is 6.32. The second-order valence-electron chi connectivity index (χ2n) is 7.82. The number of amides is 2. The zero-order valence-corrected chi connectivity index (χ0v) is 21.3. The van der Waals surface area contributed by atoms with Crippen LogP contribution in [0.1, 0.15) is 16.7 Å². The Bertz CT molecular complexity index is 1380. The number of nitrogens with zero attached hydrogens (tertiary/aromatic N) is 1. The lowest BCUT2D eigenvalue weighted by molar-refractivity contribution is -0.118. The van der Waals surface area contributed by atoms with Crippen LogP contribution in [0.3, 0.4) is 0 Å². The Labute approximate surface area is 219 Å². The first-order valence-corrected chi connectivity index (χ1v) is 11.5. The molecule has 0 bridgehead atoms. The molecular weight excluding hydrogens is 501 g/mol. The van der Waals surface area contributed by atoms with Crippen molar-refractivity contribution in [1.29, 1.82) is 5.26 Å². The first-order valence-electron chi connectivity index (χ1n) is 10.8. The Hall–Kier alpha value is -3.99. The number of carbonyl (C=O) groups excluding carboxylic acids is 2. The number of halogens is 2. The SMILES string of the molecule is COc1cc(/C=C(/C#N)C(=O)Nc2cccc(Cl)c2)cc(Cl)c1OCC(=O)Nc1ccc(C)cc1C. The molecule has 9 heteroatoms. The highest BCUT2D eigenvalue weighted by Gasteiger charge is 2.16. The van der Waals surface area contributed by atoms with Crippen LogP contribution < -0.4 is 20.1 Å². The Morgan fingerprint density at radius 2 is 1.83 bits per heavy atom. The predicted molar refractivity (Wildman–Crippen MR) is 142 cm³/mol. The summed E-state index contributed by atoms with van der Waals surface area (Å²) in [5, 5.41) is 15.5. The van der Waals surface area contributed by atoms with Crippen LogP contribution in [0.25, 0.3) is 6.08 Å². The molecule has 3 aromatic rings. The van der Waals surface area contributed by atoms with Gasteiger partial charge >= 0.3 is 0 Å². The monoisotopic (exact) mass is 523 g/mol. The third-order valence-electron chi connectivity index (χ3n) is 5.01. The molecule has 3 aromatic carbocycles. The van der Waals surface area contributed by atoms with Crippen molar-refractivity contribution in [2.24, 2.45) is 0 Å². The first-order chi connectivity index (χ1) is 17.2. The fourth-order valence-corrected chi connectivity index (χ4v) is 3.78. The van der Waals surface area contributed by atoms with Gasteiger partial charge in [-0.2, -0.15) is 5.26 Å². The van der Waals surface area contributed by atoms with Gasteiger partial charge in [-0.25, -0.2) is 0 Å². The smallest absolute Gasteiger partial charge is 0.266 e. The van der Waals surface area contributed by atoms with E-state index in [-0.39, 0.29) is 34.6 Å². The van der Waals surface area contributed by atoms with Crippen LogP contribution in [0.4, 0.5) is 11.4 Å². The third-order valence-corrected chi connectivity index (χ3v) is 5.53. The topological polar surface area (TPSA) is 100 Å². The summed E-state index contributed by atoms with van der Waals surface area (Å²) >= 11 is 12.3. The summed E-state index contributed by atoms with van der Waals surface area (Å²) < 4.78 is 11.0. The van der Waals surface area contributed by atoms with Crippen molar-refractivity contribution < 1.29 is 19.1 Å². The largest absolute Gasteiger partial charge is 0.493 e. The zero-order valence-electron chi connectivity index (χ0n) is 19.8. The van der Waals surface area contributed by atoms with Gasteiger partial charge in [0.25, 0.3) is 11.8 Å². The molecule has 2 N–H and O–H groups in total. The highest BCUT2D eigenvalue weighted by atomic mass is 35.5. The van der Waals surface area contributed by atoms with Crippen LogP contribution in [0.5, 0.6) is 11.5 Å². The minimum atomic E-state index is -0.613. The molecule has 0 saturated heterocycles. The van der Waals surface area contributed by atoms with E-state index in [0.717, 1.165) is 11.1 Å². The van der Waals surface area contributed by atoms with Crippen LogP contribution in [-0.4, -0.2) is 25.5 Å². The molecule has 0 unspecified atom stereocenters. The maximum Gasteiger partial charge on any atom is 0.266 e. The standard InChI is InChI=1S/C27H23Cl2N3O4/c1-16-7-8-23(17(2)9-16)32-25(33)15-36-26-22(29)11-18(12-24(26)35-3)10-19(14-30)27(34)31-21-6-4-5-20(28)13-21/h4-13H,15H2,1-3H3,(H,31,34)(H,32,33)/b19-10-. The normalized spacial score (nSPS) is 10.8. The molecule has 0 fully saturated rings. The molecule has 0 atom stereocenters. The molecule has 0 spiro atoms. The highest BCUT2D eigenvalue weighted by Crippen LogP contribution is 2.37. The predicted octanol–water partition coefficient (Wildman–Crippen LogP) is 6.18. The van der Waals surface area contributed by atoms with Crippen LogP contribution in [0, 0.1) is 25.2 Å². The fraction of sp³-hybridized carbons (Fsp3) is 0.148. The maximum atomic E-state index is 12.6. The Balaban J connectivity index is 1.74. The Morgan fingerprint density at radius 3 is 2.50 bits per heavy atom. The summed E-state index contributed by atoms with van der Waals surface area (Å²) in [6.07, 6.45) is 1.37. The third kappa shape index (κ3) is 7.01. The summed E-state index contributed by atoms with van der Waals surface area (Å²) in [5.41, 5.74) is 3.44. The van der Waals surface area contributed by atoms with Crippen molar-refractivity contribution in [1.82, 2.24) is 0 Å². The number of nitriles is 1. The number of nitrogens with one attached hydrogen (secondary N) is 2. The van der Waals surface area contributed by atoms with Gasteiger partial charge in [-0.15, -0.1) is 0 Å². The second kappa shape index (κ2) is 12.1. The quantitative estimate of drug-likeness (QED) is 0.271. The number of rotatable bonds is 8. The van der Waals surface area contributed by atoms with Crippen molar-refractivity contribution in [2.75, 3.05) is 24.4 Å². The van der Waals surface area contributed by atoms with E-state index < -0.39 is 5.91 Å². The minimum Gasteiger partial charge on any atom is -0.493 e. The molecule has 0 aromatic heterocycles. The van der Waals surface area contributed by atoms with E-state index >= 15 is 0 Å². The van der Waals surface area contributed by atoms with E-state index in [0.29, 0.717) is 22.0 Å². The maximum absolute atomic E-state index is 12.6. The van der Waals surface area contributed by atoms with Gasteiger partial charge in [-0.3, -0.25) is 9.59 Å². The van der Waals surface area contributed by atoms with E-state index in [1.54, 1.807) is 30.3 Å². The summed E-state index contributed by atoms with van der Waals surface area (Å²) in [7, 11) is 1.42.